The third-order valence-electron chi connectivity index (χ3n) is 5.37. The summed E-state index contributed by atoms with van der Waals surface area (Å²) in [6.07, 6.45) is 0. The van der Waals surface area contributed by atoms with Crippen molar-refractivity contribution in [1.82, 2.24) is 5.32 Å². The van der Waals surface area contributed by atoms with Crippen molar-refractivity contribution in [3.8, 4) is 5.75 Å². The minimum absolute atomic E-state index is 0.271. The lowest BCUT2D eigenvalue weighted by atomic mass is 10.1. The van der Waals surface area contributed by atoms with Crippen LogP contribution in [0.15, 0.2) is 46.9 Å². The Labute approximate surface area is 162 Å². The second kappa shape index (κ2) is 5.90. The molecule has 1 aromatic heterocycles. The summed E-state index contributed by atoms with van der Waals surface area (Å²) < 4.78 is 17.2. The predicted molar refractivity (Wildman–Crippen MR) is 106 cm³/mol. The number of urea groups is 1. The van der Waals surface area contributed by atoms with Crippen molar-refractivity contribution in [2.24, 2.45) is 0 Å². The predicted octanol–water partition coefficient (Wildman–Crippen LogP) is 4.14. The lowest BCUT2D eigenvalue weighted by Crippen LogP contribution is -2.34. The summed E-state index contributed by atoms with van der Waals surface area (Å²) in [6.45, 7) is 4.44. The molecule has 3 heterocycles. The van der Waals surface area contributed by atoms with E-state index in [0.717, 1.165) is 28.0 Å². The maximum atomic E-state index is 12.5. The molecule has 2 aliphatic rings. The van der Waals surface area contributed by atoms with Gasteiger partial charge in [0.1, 0.15) is 18.0 Å². The van der Waals surface area contributed by atoms with Gasteiger partial charge in [-0.3, -0.25) is 0 Å². The number of rotatable bonds is 3. The van der Waals surface area contributed by atoms with Crippen LogP contribution in [-0.2, 0) is 4.74 Å². The molecule has 0 saturated carbocycles. The highest BCUT2D eigenvalue weighted by Crippen LogP contribution is 2.48. The van der Waals surface area contributed by atoms with Crippen LogP contribution < -0.4 is 20.3 Å². The quantitative estimate of drug-likeness (QED) is 0.669. The first-order chi connectivity index (χ1) is 13.5. The van der Waals surface area contributed by atoms with Crippen LogP contribution in [0.3, 0.4) is 0 Å². The van der Waals surface area contributed by atoms with Gasteiger partial charge in [0, 0.05) is 29.8 Å². The van der Waals surface area contributed by atoms with Crippen molar-refractivity contribution >= 4 is 28.4 Å². The Morgan fingerprint density at radius 2 is 2.04 bits per heavy atom. The summed E-state index contributed by atoms with van der Waals surface area (Å²) in [6, 6.07) is 12.8. The Bertz CT molecular complexity index is 1090. The van der Waals surface area contributed by atoms with Crippen LogP contribution in [-0.4, -0.2) is 25.6 Å². The van der Waals surface area contributed by atoms with Crippen molar-refractivity contribution < 1.29 is 18.7 Å². The number of carbonyl (C=O) groups excluding carboxylic acids is 1. The first-order valence-electron chi connectivity index (χ1n) is 9.23. The molecule has 1 fully saturated rings. The van der Waals surface area contributed by atoms with Crippen molar-refractivity contribution in [3.05, 3.63) is 53.8 Å². The minimum atomic E-state index is -0.656. The number of aryl methyl sites for hydroxylation is 1. The minimum Gasteiger partial charge on any atom is -0.459 e. The lowest BCUT2D eigenvalue weighted by Gasteiger charge is -2.15. The fourth-order valence-corrected chi connectivity index (χ4v) is 3.72. The molecule has 2 atom stereocenters. The normalized spacial score (nSPS) is 20.8. The number of ether oxygens (including phenoxy) is 2. The van der Waals surface area contributed by atoms with E-state index in [2.05, 4.69) is 10.6 Å². The number of furan rings is 1. The molecule has 1 spiro atoms. The molecular formula is C21H21N3O4. The number of amides is 2. The number of hydrogen-bond donors (Lipinski definition) is 2. The molecule has 1 unspecified atom stereocenters. The van der Waals surface area contributed by atoms with E-state index in [4.69, 9.17) is 13.9 Å². The molecule has 2 aromatic carbocycles. The number of benzene rings is 2. The van der Waals surface area contributed by atoms with Crippen LogP contribution in [0.4, 0.5) is 16.2 Å². The average Bonchev–Trinajstić information content (AvgIpc) is 3.30. The van der Waals surface area contributed by atoms with E-state index in [9.17, 15) is 4.79 Å². The highest BCUT2D eigenvalue weighted by atomic mass is 16.8. The van der Waals surface area contributed by atoms with Gasteiger partial charge in [-0.2, -0.15) is 0 Å². The number of anilines is 2. The Kier molecular flexibility index (Phi) is 3.57. The molecule has 3 aromatic rings. The van der Waals surface area contributed by atoms with Gasteiger partial charge in [0.05, 0.1) is 11.7 Å². The molecule has 1 saturated heterocycles. The van der Waals surface area contributed by atoms with E-state index in [0.29, 0.717) is 18.0 Å². The topological polar surface area (TPSA) is 79.3 Å². The number of nitrogens with one attached hydrogen (secondary N) is 2. The zero-order chi connectivity index (χ0) is 19.5. The number of para-hydroxylation sites is 1. The van der Waals surface area contributed by atoms with Gasteiger partial charge < -0.3 is 29.4 Å². The third-order valence-corrected chi connectivity index (χ3v) is 5.37. The molecule has 2 amide bonds. The summed E-state index contributed by atoms with van der Waals surface area (Å²) in [7, 11) is 1.93. The van der Waals surface area contributed by atoms with Crippen LogP contribution in [0, 0.1) is 6.92 Å². The van der Waals surface area contributed by atoms with Gasteiger partial charge >= 0.3 is 11.9 Å². The summed E-state index contributed by atoms with van der Waals surface area (Å²) in [5, 5.41) is 6.85. The van der Waals surface area contributed by atoms with Crippen LogP contribution in [0.25, 0.3) is 11.0 Å². The molecule has 144 valence electrons. The molecule has 2 aliphatic heterocycles. The Morgan fingerprint density at radius 3 is 2.79 bits per heavy atom. The van der Waals surface area contributed by atoms with Gasteiger partial charge in [0.15, 0.2) is 5.75 Å². The lowest BCUT2D eigenvalue weighted by molar-refractivity contribution is 0.0832. The molecular weight excluding hydrogens is 358 g/mol. The molecule has 2 N–H and O–H groups in total. The van der Waals surface area contributed by atoms with Gasteiger partial charge in [-0.25, -0.2) is 4.79 Å². The molecule has 0 radical (unpaired) electrons. The van der Waals surface area contributed by atoms with Crippen molar-refractivity contribution in [2.45, 2.75) is 25.8 Å². The SMILES string of the molecule is Cc1c([C@H](C)NC(=O)Nc2ccc3c(c2)OC2(CO2)N3C)oc2ccccc12. The van der Waals surface area contributed by atoms with Gasteiger partial charge in [0.25, 0.3) is 0 Å². The van der Waals surface area contributed by atoms with E-state index in [-0.39, 0.29) is 12.1 Å². The van der Waals surface area contributed by atoms with Gasteiger partial charge in [0.2, 0.25) is 0 Å². The first-order valence-corrected chi connectivity index (χ1v) is 9.23. The second-order valence-corrected chi connectivity index (χ2v) is 7.25. The zero-order valence-corrected chi connectivity index (χ0v) is 15.9. The number of epoxide rings is 1. The largest absolute Gasteiger partial charge is 0.459 e. The summed E-state index contributed by atoms with van der Waals surface area (Å²) in [5.74, 6) is 0.790. The number of carbonyl (C=O) groups is 1. The van der Waals surface area contributed by atoms with Gasteiger partial charge in [-0.1, -0.05) is 18.2 Å². The van der Waals surface area contributed by atoms with E-state index in [1.807, 2.05) is 62.2 Å². The fourth-order valence-electron chi connectivity index (χ4n) is 3.72. The maximum Gasteiger partial charge on any atom is 0.319 e. The van der Waals surface area contributed by atoms with E-state index in [1.54, 1.807) is 6.07 Å². The van der Waals surface area contributed by atoms with Gasteiger partial charge in [-0.05, 0) is 32.0 Å². The van der Waals surface area contributed by atoms with Crippen molar-refractivity contribution in [1.29, 1.82) is 0 Å². The number of likely N-dealkylation sites (N-methyl/N-ethyl adjacent to an activating group) is 1. The summed E-state index contributed by atoms with van der Waals surface area (Å²) >= 11 is 0. The van der Waals surface area contributed by atoms with Crippen LogP contribution >= 0.6 is 0 Å². The third kappa shape index (κ3) is 2.58. The van der Waals surface area contributed by atoms with Crippen LogP contribution in [0.1, 0.15) is 24.3 Å². The van der Waals surface area contributed by atoms with Crippen molar-refractivity contribution in [3.63, 3.8) is 0 Å². The maximum absolute atomic E-state index is 12.5. The number of nitrogens with zero attached hydrogens (tertiary/aromatic N) is 1. The molecule has 7 nitrogen and oxygen atoms in total. The van der Waals surface area contributed by atoms with Crippen LogP contribution in [0.2, 0.25) is 0 Å². The number of fused-ring (bicyclic) bond motifs is 2. The first kappa shape index (κ1) is 16.9. The Morgan fingerprint density at radius 1 is 1.25 bits per heavy atom. The second-order valence-electron chi connectivity index (χ2n) is 7.25. The fraction of sp³-hybridized carbons (Fsp3) is 0.286. The van der Waals surface area contributed by atoms with E-state index < -0.39 is 5.91 Å². The summed E-state index contributed by atoms with van der Waals surface area (Å²) in [4.78, 5) is 14.4. The monoisotopic (exact) mass is 379 g/mol. The Hall–Kier alpha value is -3.19. The summed E-state index contributed by atoms with van der Waals surface area (Å²) in [5.41, 5.74) is 3.44. The zero-order valence-electron chi connectivity index (χ0n) is 15.9. The molecule has 0 bridgehead atoms. The van der Waals surface area contributed by atoms with Gasteiger partial charge in [-0.15, -0.1) is 0 Å². The van der Waals surface area contributed by atoms with E-state index in [1.165, 1.54) is 0 Å². The van der Waals surface area contributed by atoms with E-state index >= 15 is 0 Å². The number of hydrogen-bond acceptors (Lipinski definition) is 5. The highest BCUT2D eigenvalue weighted by Gasteiger charge is 2.57. The standard InChI is InChI=1S/C21H21N3O4/c1-12-15-6-4-5-7-17(15)27-19(12)13(2)22-20(25)23-14-8-9-16-18(10-14)28-21(11-26-21)24(16)3/h4-10,13H,11H2,1-3H3,(H2,22,23,25)/t13-,21?/m0/s1. The molecule has 28 heavy (non-hydrogen) atoms. The Balaban J connectivity index is 1.29. The molecule has 7 heteroatoms. The van der Waals surface area contributed by atoms with Crippen molar-refractivity contribution in [2.75, 3.05) is 23.9 Å². The highest BCUT2D eigenvalue weighted by molar-refractivity contribution is 5.90. The van der Waals surface area contributed by atoms with Crippen LogP contribution in [0.5, 0.6) is 5.75 Å². The smallest absolute Gasteiger partial charge is 0.319 e. The average molecular weight is 379 g/mol. The molecule has 0 aliphatic carbocycles. The molecule has 5 rings (SSSR count).